The molecule has 0 aliphatic heterocycles. The Hall–Kier alpha value is -2.28. The van der Waals surface area contributed by atoms with Crippen molar-refractivity contribution in [1.29, 1.82) is 0 Å². The van der Waals surface area contributed by atoms with Gasteiger partial charge in [-0.15, -0.1) is 0 Å². The first-order valence-electron chi connectivity index (χ1n) is 11.0. The van der Waals surface area contributed by atoms with E-state index in [1.807, 2.05) is 30.3 Å². The number of benzene rings is 3. The molecule has 2 aromatic heterocycles. The van der Waals surface area contributed by atoms with Crippen molar-refractivity contribution < 1.29 is 82.9 Å². The summed E-state index contributed by atoms with van der Waals surface area (Å²) in [6, 6.07) is 19.5. The largest absolute Gasteiger partial charge is 1.00 e. The van der Waals surface area contributed by atoms with Gasteiger partial charge in [0.2, 0.25) is 0 Å². The second kappa shape index (κ2) is 13.1. The van der Waals surface area contributed by atoms with Crippen LogP contribution in [0.5, 0.6) is 5.75 Å². The van der Waals surface area contributed by atoms with Crippen LogP contribution in [0.2, 0.25) is 5.02 Å². The monoisotopic (exact) mass is 596 g/mol. The molecule has 15 heteroatoms. The van der Waals surface area contributed by atoms with Gasteiger partial charge >= 0.3 is 59.1 Å². The SMILES string of the molecule is O=c1c(-c2ccc([N+](=O)[O-])cc2OP(=O)([O-])[O-])cnc2c(-c3ccc(Cl)cc3)c(Cc3ccccc3)[nH]n12.[Na+].[Na+]. The molecule has 2 heterocycles. The number of H-pyrrole nitrogens is 1. The average Bonchev–Trinajstić information content (AvgIpc) is 3.23. The summed E-state index contributed by atoms with van der Waals surface area (Å²) in [5, 5.41) is 14.8. The number of nitro groups is 1. The van der Waals surface area contributed by atoms with E-state index in [1.54, 1.807) is 24.3 Å². The van der Waals surface area contributed by atoms with Gasteiger partial charge in [-0.25, -0.2) is 9.50 Å². The van der Waals surface area contributed by atoms with Crippen LogP contribution < -0.4 is 79.0 Å². The van der Waals surface area contributed by atoms with Gasteiger partial charge in [-0.2, -0.15) is 0 Å². The molecule has 0 unspecified atom stereocenters. The molecule has 0 amide bonds. The molecular formula is C25H16ClN4Na2O7P. The van der Waals surface area contributed by atoms with E-state index in [0.29, 0.717) is 22.7 Å². The third-order valence-electron chi connectivity index (χ3n) is 5.77. The number of phosphoric ester groups is 1. The second-order valence-corrected chi connectivity index (χ2v) is 9.76. The number of phosphoric acid groups is 1. The Morgan fingerprint density at radius 2 is 1.68 bits per heavy atom. The van der Waals surface area contributed by atoms with Gasteiger partial charge < -0.3 is 18.9 Å². The Balaban J connectivity index is 0.00000220. The van der Waals surface area contributed by atoms with Crippen LogP contribution in [0.4, 0.5) is 5.69 Å². The van der Waals surface area contributed by atoms with Crippen molar-refractivity contribution in [1.82, 2.24) is 14.6 Å². The smallest absolute Gasteiger partial charge is 0.780 e. The number of aromatic amines is 1. The predicted molar refractivity (Wildman–Crippen MR) is 136 cm³/mol. The first-order valence-corrected chi connectivity index (χ1v) is 12.9. The van der Waals surface area contributed by atoms with Crippen molar-refractivity contribution in [2.45, 2.75) is 6.42 Å². The summed E-state index contributed by atoms with van der Waals surface area (Å²) in [6.45, 7) is 0. The summed E-state index contributed by atoms with van der Waals surface area (Å²) >= 11 is 6.07. The van der Waals surface area contributed by atoms with Gasteiger partial charge in [0.25, 0.3) is 11.2 Å². The van der Waals surface area contributed by atoms with E-state index in [0.717, 1.165) is 29.3 Å². The van der Waals surface area contributed by atoms with E-state index in [9.17, 15) is 29.3 Å². The quantitative estimate of drug-likeness (QED) is 0.0950. The van der Waals surface area contributed by atoms with E-state index >= 15 is 0 Å². The fourth-order valence-electron chi connectivity index (χ4n) is 4.14. The number of rotatable bonds is 7. The van der Waals surface area contributed by atoms with Gasteiger partial charge in [0.05, 0.1) is 16.6 Å². The molecule has 0 bridgehead atoms. The van der Waals surface area contributed by atoms with E-state index in [2.05, 4.69) is 14.6 Å². The average molecular weight is 597 g/mol. The minimum absolute atomic E-state index is 0. The summed E-state index contributed by atoms with van der Waals surface area (Å²) in [5.41, 5.74) is 1.86. The van der Waals surface area contributed by atoms with Crippen LogP contribution in [0, 0.1) is 10.1 Å². The molecule has 0 fully saturated rings. The van der Waals surface area contributed by atoms with E-state index in [-0.39, 0.29) is 75.9 Å². The Bertz CT molecular complexity index is 1790. The van der Waals surface area contributed by atoms with Crippen LogP contribution in [0.1, 0.15) is 11.3 Å². The van der Waals surface area contributed by atoms with Crippen LogP contribution in [-0.4, -0.2) is 19.5 Å². The molecule has 0 radical (unpaired) electrons. The van der Waals surface area contributed by atoms with Crippen molar-refractivity contribution in [3.63, 3.8) is 0 Å². The minimum atomic E-state index is -5.61. The Morgan fingerprint density at radius 1 is 1.00 bits per heavy atom. The van der Waals surface area contributed by atoms with Crippen LogP contribution >= 0.6 is 19.4 Å². The maximum absolute atomic E-state index is 13.6. The number of nitrogens with one attached hydrogen (secondary N) is 1. The third kappa shape index (κ3) is 6.95. The molecule has 0 aliphatic rings. The van der Waals surface area contributed by atoms with Gasteiger partial charge in [-0.05, 0) is 29.3 Å². The Morgan fingerprint density at radius 3 is 2.30 bits per heavy atom. The maximum Gasteiger partial charge on any atom is 1.00 e. The van der Waals surface area contributed by atoms with Crippen LogP contribution in [-0.2, 0) is 11.0 Å². The third-order valence-corrected chi connectivity index (χ3v) is 6.44. The Labute approximate surface area is 276 Å². The van der Waals surface area contributed by atoms with Crippen molar-refractivity contribution in [3.05, 3.63) is 116 Å². The number of nitro benzene ring substituents is 1. The molecule has 0 saturated heterocycles. The molecule has 0 saturated carbocycles. The van der Waals surface area contributed by atoms with Gasteiger partial charge in [0, 0.05) is 40.5 Å². The van der Waals surface area contributed by atoms with Crippen molar-refractivity contribution in [2.24, 2.45) is 0 Å². The second-order valence-electron chi connectivity index (χ2n) is 8.25. The van der Waals surface area contributed by atoms with Crippen LogP contribution in [0.3, 0.4) is 0 Å². The van der Waals surface area contributed by atoms with Crippen LogP contribution in [0.25, 0.3) is 27.9 Å². The molecule has 0 spiro atoms. The van der Waals surface area contributed by atoms with E-state index in [4.69, 9.17) is 11.6 Å². The summed E-state index contributed by atoms with van der Waals surface area (Å²) in [5.74, 6) is -0.652. The van der Waals surface area contributed by atoms with Crippen molar-refractivity contribution in [3.8, 4) is 28.0 Å². The molecule has 5 rings (SSSR count). The van der Waals surface area contributed by atoms with Crippen molar-refractivity contribution in [2.75, 3.05) is 0 Å². The van der Waals surface area contributed by atoms with Crippen molar-refractivity contribution >= 4 is 30.8 Å². The molecule has 11 nitrogen and oxygen atoms in total. The number of nitrogens with zero attached hydrogens (tertiary/aromatic N) is 3. The molecule has 0 atom stereocenters. The standard InChI is InChI=1S/C25H18ClN4O7P.2Na/c26-17-8-6-16(7-9-17)23-21(12-15-4-2-1-3-5-15)28-29-24(23)27-14-20(25(29)31)19-11-10-18(30(32)33)13-22(19)37-38(34,35)36;;/h1-11,13-14,28H,12H2,(H2,34,35,36);;/q;2*+1/p-2. The summed E-state index contributed by atoms with van der Waals surface area (Å²) < 4.78 is 17.0. The zero-order valence-electron chi connectivity index (χ0n) is 21.2. The molecule has 1 N–H and O–H groups in total. The molecule has 5 aromatic rings. The molecule has 0 aliphatic carbocycles. The molecular weight excluding hydrogens is 581 g/mol. The van der Waals surface area contributed by atoms with Gasteiger partial charge in [-0.1, -0.05) is 54.1 Å². The number of hydrogen-bond acceptors (Lipinski definition) is 8. The number of hydrogen-bond donors (Lipinski definition) is 1. The van der Waals surface area contributed by atoms with E-state index < -0.39 is 29.7 Å². The first kappa shape index (κ1) is 32.2. The predicted octanol–water partition coefficient (Wildman–Crippen LogP) is -2.28. The zero-order chi connectivity index (χ0) is 27.0. The fraction of sp³-hybridized carbons (Fsp3) is 0.0400. The summed E-state index contributed by atoms with van der Waals surface area (Å²) in [7, 11) is -5.61. The molecule has 3 aromatic carbocycles. The van der Waals surface area contributed by atoms with E-state index in [1.165, 1.54) is 10.7 Å². The summed E-state index contributed by atoms with van der Waals surface area (Å²) in [6.07, 6.45) is 1.63. The number of non-ortho nitro benzene ring substituents is 1. The van der Waals surface area contributed by atoms with Gasteiger partial charge in [-0.3, -0.25) is 20.0 Å². The Kier molecular flexibility index (Phi) is 10.6. The number of aromatic nitrogens is 3. The number of halogens is 1. The summed E-state index contributed by atoms with van der Waals surface area (Å²) in [4.78, 5) is 51.1. The zero-order valence-corrected chi connectivity index (χ0v) is 26.9. The minimum Gasteiger partial charge on any atom is -0.780 e. The molecule has 192 valence electrons. The van der Waals surface area contributed by atoms with Gasteiger partial charge in [0.15, 0.2) is 5.65 Å². The topological polar surface area (TPSA) is 166 Å². The molecule has 40 heavy (non-hydrogen) atoms. The maximum atomic E-state index is 13.6. The first-order chi connectivity index (χ1) is 18.1. The fourth-order valence-corrected chi connectivity index (χ4v) is 4.65. The van der Waals surface area contributed by atoms with Crippen LogP contribution in [0.15, 0.2) is 83.8 Å². The van der Waals surface area contributed by atoms with Gasteiger partial charge in [0.1, 0.15) is 13.6 Å². The number of fused-ring (bicyclic) bond motifs is 1. The normalized spacial score (nSPS) is 11.0.